The molecule has 0 saturated heterocycles. The van der Waals surface area contributed by atoms with E-state index in [2.05, 4.69) is 20.3 Å². The van der Waals surface area contributed by atoms with Gasteiger partial charge in [0.1, 0.15) is 0 Å². The van der Waals surface area contributed by atoms with Gasteiger partial charge in [0, 0.05) is 11.8 Å². The van der Waals surface area contributed by atoms with Crippen molar-refractivity contribution in [3.05, 3.63) is 42.9 Å². The highest BCUT2D eigenvalue weighted by Gasteiger charge is 2.18. The summed E-state index contributed by atoms with van der Waals surface area (Å²) in [4.78, 5) is 4.25. The molecule has 0 spiro atoms. The summed E-state index contributed by atoms with van der Waals surface area (Å²) in [5.74, 6) is 0.849. The van der Waals surface area contributed by atoms with Crippen LogP contribution in [0.4, 0.5) is 5.82 Å². The van der Waals surface area contributed by atoms with E-state index >= 15 is 0 Å². The minimum Gasteiger partial charge on any atom is -0.380 e. The highest BCUT2D eigenvalue weighted by molar-refractivity contribution is 5.84. The molecule has 0 aromatic carbocycles. The van der Waals surface area contributed by atoms with Crippen molar-refractivity contribution in [2.45, 2.75) is 0 Å². The second kappa shape index (κ2) is 4.25. The van der Waals surface area contributed by atoms with Crippen LogP contribution in [0.15, 0.2) is 47.4 Å². The lowest BCUT2D eigenvalue weighted by atomic mass is 10.1. The van der Waals surface area contributed by atoms with Crippen molar-refractivity contribution in [2.75, 3.05) is 5.73 Å². The van der Waals surface area contributed by atoms with Gasteiger partial charge < -0.3 is 10.3 Å². The molecule has 3 aromatic rings. The molecular weight excluding hydrogens is 230 g/mol. The van der Waals surface area contributed by atoms with E-state index in [1.807, 2.05) is 18.2 Å². The van der Waals surface area contributed by atoms with Crippen LogP contribution in [0.25, 0.3) is 22.6 Å². The molecule has 0 amide bonds. The molecule has 18 heavy (non-hydrogen) atoms. The first-order valence-electron chi connectivity index (χ1n) is 5.30. The highest BCUT2D eigenvalue weighted by Crippen LogP contribution is 2.34. The lowest BCUT2D eigenvalue weighted by Crippen LogP contribution is -1.91. The van der Waals surface area contributed by atoms with Gasteiger partial charge in [0.05, 0.1) is 23.7 Å². The zero-order chi connectivity index (χ0) is 12.4. The topological polar surface area (TPSA) is 90.7 Å². The van der Waals surface area contributed by atoms with Crippen LogP contribution in [-0.2, 0) is 0 Å². The number of aromatic nitrogens is 4. The zero-order valence-corrected chi connectivity index (χ0v) is 9.32. The maximum Gasteiger partial charge on any atom is 0.180 e. The molecule has 0 fully saturated rings. The van der Waals surface area contributed by atoms with Gasteiger partial charge in [-0.1, -0.05) is 11.2 Å². The van der Waals surface area contributed by atoms with E-state index < -0.39 is 0 Å². The summed E-state index contributed by atoms with van der Waals surface area (Å²) >= 11 is 0. The molecule has 0 aliphatic rings. The molecule has 6 nitrogen and oxygen atoms in total. The number of hydrogen-bond acceptors (Lipinski definition) is 6. The first kappa shape index (κ1) is 10.4. The van der Waals surface area contributed by atoms with Gasteiger partial charge in [-0.25, -0.2) is 0 Å². The van der Waals surface area contributed by atoms with Gasteiger partial charge in [0.15, 0.2) is 11.6 Å². The molecule has 0 atom stereocenters. The normalized spacial score (nSPS) is 10.4. The van der Waals surface area contributed by atoms with Crippen molar-refractivity contribution in [3.63, 3.8) is 0 Å². The van der Waals surface area contributed by atoms with Crippen LogP contribution in [0, 0.1) is 0 Å². The number of nitrogens with two attached hydrogens (primary N) is 1. The minimum absolute atomic E-state index is 0.306. The predicted octanol–water partition coefficient (Wildman–Crippen LogP) is 1.78. The number of nitrogen functional groups attached to an aromatic ring is 1. The lowest BCUT2D eigenvalue weighted by molar-refractivity contribution is 0.436. The molecule has 6 heteroatoms. The Morgan fingerprint density at radius 1 is 1.06 bits per heavy atom. The first-order chi connectivity index (χ1) is 8.86. The van der Waals surface area contributed by atoms with Crippen LogP contribution in [0.3, 0.4) is 0 Å². The maximum absolute atomic E-state index is 5.83. The molecule has 0 bridgehead atoms. The van der Waals surface area contributed by atoms with E-state index in [1.54, 1.807) is 24.7 Å². The van der Waals surface area contributed by atoms with E-state index in [0.717, 1.165) is 5.56 Å². The van der Waals surface area contributed by atoms with Crippen molar-refractivity contribution in [1.29, 1.82) is 0 Å². The van der Waals surface area contributed by atoms with E-state index in [0.29, 0.717) is 22.8 Å². The Balaban J connectivity index is 2.19. The molecule has 0 radical (unpaired) electrons. The molecule has 3 rings (SSSR count). The van der Waals surface area contributed by atoms with Crippen molar-refractivity contribution in [3.8, 4) is 22.6 Å². The smallest absolute Gasteiger partial charge is 0.180 e. The van der Waals surface area contributed by atoms with Crippen LogP contribution < -0.4 is 5.73 Å². The zero-order valence-electron chi connectivity index (χ0n) is 9.32. The third-order valence-electron chi connectivity index (χ3n) is 2.49. The number of hydrogen-bond donors (Lipinski definition) is 1. The first-order valence-corrected chi connectivity index (χ1v) is 5.30. The number of nitrogens with zero attached hydrogens (tertiary/aromatic N) is 4. The van der Waals surface area contributed by atoms with Gasteiger partial charge in [-0.05, 0) is 18.2 Å². The standard InChI is InChI=1S/C12H9N5O/c13-12-10(9-3-1-2-5-14-9)11(18-17-12)8-4-6-15-16-7-8/h1-7H,(H2,13,17). The number of rotatable bonds is 2. The summed E-state index contributed by atoms with van der Waals surface area (Å²) in [5, 5.41) is 11.3. The average molecular weight is 239 g/mol. The van der Waals surface area contributed by atoms with Gasteiger partial charge in [-0.3, -0.25) is 4.98 Å². The summed E-state index contributed by atoms with van der Waals surface area (Å²) in [6.45, 7) is 0. The average Bonchev–Trinajstić information content (AvgIpc) is 2.83. The fourth-order valence-electron chi connectivity index (χ4n) is 1.68. The highest BCUT2D eigenvalue weighted by atomic mass is 16.5. The van der Waals surface area contributed by atoms with Crippen molar-refractivity contribution < 1.29 is 4.52 Å². The quantitative estimate of drug-likeness (QED) is 0.732. The molecule has 88 valence electrons. The molecule has 0 saturated carbocycles. The largest absolute Gasteiger partial charge is 0.380 e. The van der Waals surface area contributed by atoms with Crippen molar-refractivity contribution in [1.82, 2.24) is 20.3 Å². The maximum atomic E-state index is 5.83. The molecule has 3 aromatic heterocycles. The Bertz CT molecular complexity index is 651. The Morgan fingerprint density at radius 3 is 2.72 bits per heavy atom. The van der Waals surface area contributed by atoms with Crippen molar-refractivity contribution in [2.24, 2.45) is 0 Å². The summed E-state index contributed by atoms with van der Waals surface area (Å²) in [6.07, 6.45) is 4.86. The molecule has 3 heterocycles. The van der Waals surface area contributed by atoms with Crippen LogP contribution in [0.2, 0.25) is 0 Å². The van der Waals surface area contributed by atoms with E-state index in [-0.39, 0.29) is 0 Å². The van der Waals surface area contributed by atoms with E-state index in [9.17, 15) is 0 Å². The van der Waals surface area contributed by atoms with Gasteiger partial charge in [-0.2, -0.15) is 10.2 Å². The van der Waals surface area contributed by atoms with E-state index in [1.165, 1.54) is 0 Å². The fraction of sp³-hybridized carbons (Fsp3) is 0. The molecule has 0 unspecified atom stereocenters. The summed E-state index contributed by atoms with van der Waals surface area (Å²) in [7, 11) is 0. The van der Waals surface area contributed by atoms with Crippen LogP contribution >= 0.6 is 0 Å². The Labute approximate surface area is 102 Å². The van der Waals surface area contributed by atoms with Gasteiger partial charge >= 0.3 is 0 Å². The van der Waals surface area contributed by atoms with Gasteiger partial charge in [-0.15, -0.1) is 0 Å². The monoisotopic (exact) mass is 239 g/mol. The number of anilines is 1. The molecule has 0 aliphatic carbocycles. The molecule has 0 aliphatic heterocycles. The second-order valence-corrected chi connectivity index (χ2v) is 3.62. The van der Waals surface area contributed by atoms with E-state index in [4.69, 9.17) is 10.3 Å². The van der Waals surface area contributed by atoms with Crippen LogP contribution in [-0.4, -0.2) is 20.3 Å². The fourth-order valence-corrected chi connectivity index (χ4v) is 1.68. The summed E-state index contributed by atoms with van der Waals surface area (Å²) in [5.41, 5.74) is 7.97. The van der Waals surface area contributed by atoms with Gasteiger partial charge in [0.25, 0.3) is 0 Å². The SMILES string of the molecule is Nc1noc(-c2ccnnc2)c1-c1ccccn1. The minimum atomic E-state index is 0.306. The van der Waals surface area contributed by atoms with Crippen LogP contribution in [0.1, 0.15) is 0 Å². The third kappa shape index (κ3) is 1.69. The number of pyridine rings is 1. The molecule has 2 N–H and O–H groups in total. The van der Waals surface area contributed by atoms with Gasteiger partial charge in [0.2, 0.25) is 0 Å². The Hall–Kier alpha value is -2.76. The second-order valence-electron chi connectivity index (χ2n) is 3.62. The summed E-state index contributed by atoms with van der Waals surface area (Å²) in [6, 6.07) is 7.34. The lowest BCUT2D eigenvalue weighted by Gasteiger charge is -2.00. The molecular formula is C12H9N5O. The third-order valence-corrected chi connectivity index (χ3v) is 2.49. The van der Waals surface area contributed by atoms with Crippen molar-refractivity contribution >= 4 is 5.82 Å². The Kier molecular flexibility index (Phi) is 2.45. The summed E-state index contributed by atoms with van der Waals surface area (Å²) < 4.78 is 5.25. The van der Waals surface area contributed by atoms with Crippen LogP contribution in [0.5, 0.6) is 0 Å². The Morgan fingerprint density at radius 2 is 2.00 bits per heavy atom. The predicted molar refractivity (Wildman–Crippen MR) is 65.2 cm³/mol.